The predicted octanol–water partition coefficient (Wildman–Crippen LogP) is 3.81. The molecule has 1 amide bonds. The second-order valence-corrected chi connectivity index (χ2v) is 7.05. The van der Waals surface area contributed by atoms with Crippen LogP contribution in [0.1, 0.15) is 45.8 Å². The number of carbonyl (C=O) groups is 1. The molecule has 1 saturated heterocycles. The Balaban J connectivity index is 1.78. The van der Waals surface area contributed by atoms with E-state index in [0.717, 1.165) is 31.6 Å². The molecule has 0 aromatic carbocycles. The van der Waals surface area contributed by atoms with Crippen molar-refractivity contribution in [1.82, 2.24) is 10.2 Å². The van der Waals surface area contributed by atoms with Gasteiger partial charge in [-0.15, -0.1) is 0 Å². The molecule has 0 bridgehead atoms. The average molecular weight is 329 g/mol. The van der Waals surface area contributed by atoms with Gasteiger partial charge < -0.3 is 19.4 Å². The van der Waals surface area contributed by atoms with E-state index >= 15 is 0 Å². The van der Waals surface area contributed by atoms with Crippen molar-refractivity contribution in [3.63, 3.8) is 0 Å². The number of amides is 1. The van der Waals surface area contributed by atoms with Crippen LogP contribution in [0.5, 0.6) is 0 Å². The van der Waals surface area contributed by atoms with Crippen LogP contribution in [0.3, 0.4) is 0 Å². The van der Waals surface area contributed by atoms with Gasteiger partial charge in [0.1, 0.15) is 11.4 Å². The van der Waals surface area contributed by atoms with Gasteiger partial charge in [-0.2, -0.15) is 0 Å². The first-order valence-corrected chi connectivity index (χ1v) is 8.17. The maximum absolute atomic E-state index is 12.1. The lowest BCUT2D eigenvalue weighted by molar-refractivity contribution is 0.0256. The molecule has 124 valence electrons. The zero-order valence-corrected chi connectivity index (χ0v) is 14.3. The van der Waals surface area contributed by atoms with Crippen LogP contribution in [0, 0.1) is 0 Å². The van der Waals surface area contributed by atoms with E-state index in [1.165, 1.54) is 0 Å². The average Bonchev–Trinajstić information content (AvgIpc) is 2.69. The Morgan fingerprint density at radius 1 is 1.41 bits per heavy atom. The van der Waals surface area contributed by atoms with Crippen molar-refractivity contribution in [3.8, 4) is 0 Å². The van der Waals surface area contributed by atoms with Gasteiger partial charge in [0.25, 0.3) is 0 Å². The smallest absolute Gasteiger partial charge is 0.410 e. The Morgan fingerprint density at radius 3 is 2.82 bits per heavy atom. The SMILES string of the molecule is CC(C)(C)OC(=O)N1CCCC(NCc2ccc(Cl)o2)CC1. The molecule has 2 rings (SSSR count). The minimum absolute atomic E-state index is 0.217. The number of halogens is 1. The maximum Gasteiger partial charge on any atom is 0.410 e. The highest BCUT2D eigenvalue weighted by atomic mass is 35.5. The van der Waals surface area contributed by atoms with Crippen LogP contribution >= 0.6 is 11.6 Å². The molecular formula is C16H25ClN2O3. The third-order valence-electron chi connectivity index (χ3n) is 3.57. The maximum atomic E-state index is 12.1. The van der Waals surface area contributed by atoms with Crippen molar-refractivity contribution in [3.05, 3.63) is 23.1 Å². The van der Waals surface area contributed by atoms with Gasteiger partial charge in [0.05, 0.1) is 6.54 Å². The summed E-state index contributed by atoms with van der Waals surface area (Å²) in [5, 5.41) is 3.88. The molecule has 6 heteroatoms. The molecule has 0 saturated carbocycles. The van der Waals surface area contributed by atoms with Crippen LogP contribution in [-0.4, -0.2) is 35.7 Å². The minimum atomic E-state index is -0.445. The molecule has 2 heterocycles. The second kappa shape index (κ2) is 7.38. The summed E-state index contributed by atoms with van der Waals surface area (Å²) < 4.78 is 10.8. The zero-order chi connectivity index (χ0) is 16.2. The van der Waals surface area contributed by atoms with Gasteiger partial charge in [-0.3, -0.25) is 0 Å². The topological polar surface area (TPSA) is 54.7 Å². The fraction of sp³-hybridized carbons (Fsp3) is 0.688. The van der Waals surface area contributed by atoms with Crippen LogP contribution in [0.15, 0.2) is 16.5 Å². The summed E-state index contributed by atoms with van der Waals surface area (Å²) in [6.45, 7) is 7.79. The van der Waals surface area contributed by atoms with Crippen molar-refractivity contribution in [2.24, 2.45) is 0 Å². The molecule has 1 aliphatic rings. The van der Waals surface area contributed by atoms with Gasteiger partial charge in [0, 0.05) is 19.1 Å². The summed E-state index contributed by atoms with van der Waals surface area (Å²) in [5.41, 5.74) is -0.445. The van der Waals surface area contributed by atoms with Gasteiger partial charge in [0.2, 0.25) is 0 Å². The molecule has 0 spiro atoms. The Morgan fingerprint density at radius 2 is 2.18 bits per heavy atom. The molecule has 1 fully saturated rings. The van der Waals surface area contributed by atoms with Crippen molar-refractivity contribution >= 4 is 17.7 Å². The molecule has 1 aromatic heterocycles. The summed E-state index contributed by atoms with van der Waals surface area (Å²) >= 11 is 5.76. The first kappa shape index (κ1) is 17.2. The van der Waals surface area contributed by atoms with E-state index in [0.29, 0.717) is 24.4 Å². The second-order valence-electron chi connectivity index (χ2n) is 6.68. The molecule has 22 heavy (non-hydrogen) atoms. The van der Waals surface area contributed by atoms with Crippen LogP contribution in [0.25, 0.3) is 0 Å². The van der Waals surface area contributed by atoms with Gasteiger partial charge in [0.15, 0.2) is 5.22 Å². The van der Waals surface area contributed by atoms with E-state index in [-0.39, 0.29) is 6.09 Å². The number of ether oxygens (including phenoxy) is 1. The van der Waals surface area contributed by atoms with Crippen molar-refractivity contribution in [2.75, 3.05) is 13.1 Å². The van der Waals surface area contributed by atoms with E-state index in [1.807, 2.05) is 26.8 Å². The number of hydrogen-bond acceptors (Lipinski definition) is 4. The van der Waals surface area contributed by atoms with E-state index in [2.05, 4.69) is 5.32 Å². The third kappa shape index (κ3) is 5.54. The van der Waals surface area contributed by atoms with E-state index in [1.54, 1.807) is 11.0 Å². The predicted molar refractivity (Wildman–Crippen MR) is 86.0 cm³/mol. The van der Waals surface area contributed by atoms with Crippen LogP contribution < -0.4 is 5.32 Å². The summed E-state index contributed by atoms with van der Waals surface area (Å²) in [7, 11) is 0. The van der Waals surface area contributed by atoms with E-state index in [4.69, 9.17) is 20.8 Å². The summed E-state index contributed by atoms with van der Waals surface area (Å²) in [5.74, 6) is 0.832. The fourth-order valence-electron chi connectivity index (χ4n) is 2.50. The minimum Gasteiger partial charge on any atom is -0.448 e. The van der Waals surface area contributed by atoms with Crippen molar-refractivity contribution < 1.29 is 13.9 Å². The number of nitrogens with zero attached hydrogens (tertiary/aromatic N) is 1. The highest BCUT2D eigenvalue weighted by Gasteiger charge is 2.25. The van der Waals surface area contributed by atoms with Gasteiger partial charge in [-0.1, -0.05) is 0 Å². The number of likely N-dealkylation sites (tertiary alicyclic amines) is 1. The Hall–Kier alpha value is -1.20. The summed E-state index contributed by atoms with van der Waals surface area (Å²) in [4.78, 5) is 13.9. The number of hydrogen-bond donors (Lipinski definition) is 1. The van der Waals surface area contributed by atoms with Crippen molar-refractivity contribution in [2.45, 2.75) is 58.2 Å². The zero-order valence-electron chi connectivity index (χ0n) is 13.5. The van der Waals surface area contributed by atoms with Gasteiger partial charge in [-0.05, 0) is 63.8 Å². The van der Waals surface area contributed by atoms with Gasteiger partial charge in [-0.25, -0.2) is 4.79 Å². The Bertz CT molecular complexity index is 496. The number of carbonyl (C=O) groups excluding carboxylic acids is 1. The quantitative estimate of drug-likeness (QED) is 0.916. The number of nitrogens with one attached hydrogen (secondary N) is 1. The molecule has 1 atom stereocenters. The molecule has 1 unspecified atom stereocenters. The monoisotopic (exact) mass is 328 g/mol. The lowest BCUT2D eigenvalue weighted by Crippen LogP contribution is -2.38. The fourth-order valence-corrected chi connectivity index (χ4v) is 2.66. The summed E-state index contributed by atoms with van der Waals surface area (Å²) in [6.07, 6.45) is 2.70. The largest absolute Gasteiger partial charge is 0.448 e. The molecule has 1 aliphatic heterocycles. The Kier molecular flexibility index (Phi) is 5.75. The normalized spacial score (nSPS) is 19.8. The molecule has 5 nitrogen and oxygen atoms in total. The van der Waals surface area contributed by atoms with Crippen LogP contribution in [0.2, 0.25) is 5.22 Å². The molecular weight excluding hydrogens is 304 g/mol. The highest BCUT2D eigenvalue weighted by Crippen LogP contribution is 2.17. The van der Waals surface area contributed by atoms with Crippen LogP contribution in [0.4, 0.5) is 4.79 Å². The Labute approximate surface area is 136 Å². The lowest BCUT2D eigenvalue weighted by atomic mass is 10.1. The number of rotatable bonds is 3. The van der Waals surface area contributed by atoms with Crippen LogP contribution in [-0.2, 0) is 11.3 Å². The van der Waals surface area contributed by atoms with Crippen molar-refractivity contribution in [1.29, 1.82) is 0 Å². The first-order chi connectivity index (χ1) is 10.3. The lowest BCUT2D eigenvalue weighted by Gasteiger charge is -2.26. The molecule has 1 N–H and O–H groups in total. The first-order valence-electron chi connectivity index (χ1n) is 7.79. The van der Waals surface area contributed by atoms with E-state index < -0.39 is 5.60 Å². The molecule has 1 aromatic rings. The summed E-state index contributed by atoms with van der Waals surface area (Å²) in [6, 6.07) is 3.99. The van der Waals surface area contributed by atoms with Gasteiger partial charge >= 0.3 is 6.09 Å². The molecule has 0 radical (unpaired) electrons. The molecule has 0 aliphatic carbocycles. The van der Waals surface area contributed by atoms with E-state index in [9.17, 15) is 4.79 Å². The standard InChI is InChI=1S/C16H25ClN2O3/c1-16(2,3)22-15(20)19-9-4-5-12(8-10-19)18-11-13-6-7-14(17)21-13/h6-7,12,18H,4-5,8-11H2,1-3H3. The number of furan rings is 1. The highest BCUT2D eigenvalue weighted by molar-refractivity contribution is 6.28. The third-order valence-corrected chi connectivity index (χ3v) is 3.78.